The number of nitrogens with two attached hydrogens (primary N) is 1. The Hall–Kier alpha value is -2.86. The minimum atomic E-state index is -0.399. The van der Waals surface area contributed by atoms with Gasteiger partial charge in [-0.2, -0.15) is 0 Å². The van der Waals surface area contributed by atoms with Gasteiger partial charge in [0, 0.05) is 31.6 Å². The highest BCUT2D eigenvalue weighted by molar-refractivity contribution is 5.88. The number of likely N-dealkylation sites (tertiary alicyclic amines) is 1. The summed E-state index contributed by atoms with van der Waals surface area (Å²) in [6, 6.07) is 15.5. The van der Waals surface area contributed by atoms with E-state index in [2.05, 4.69) is 24.4 Å². The number of methoxy groups -OCH3 is 1. The summed E-state index contributed by atoms with van der Waals surface area (Å²) in [7, 11) is 1.61. The van der Waals surface area contributed by atoms with Crippen molar-refractivity contribution in [2.24, 2.45) is 11.7 Å². The lowest BCUT2D eigenvalue weighted by Gasteiger charge is -2.24. The van der Waals surface area contributed by atoms with Crippen LogP contribution in [0.25, 0.3) is 0 Å². The highest BCUT2D eigenvalue weighted by atomic mass is 16.5. The van der Waals surface area contributed by atoms with Gasteiger partial charge in [-0.15, -0.1) is 0 Å². The molecule has 1 aliphatic rings. The standard InChI is InChI=1S/C25H33N3O3/c1-18-13-22(25(30)27-16-20-11-12-21(15-26)23(14-20)31-2)28(17-18)24(29)10-6-9-19-7-4-3-5-8-19/h3-5,7-8,11-12,14,18,22H,6,9-10,13,15-17,26H2,1-2H3,(H,27,30)/t18-,22?/m1/s1. The first-order valence-corrected chi connectivity index (χ1v) is 11.0. The largest absolute Gasteiger partial charge is 0.496 e. The third kappa shape index (κ3) is 6.07. The molecule has 0 spiro atoms. The second-order valence-electron chi connectivity index (χ2n) is 8.31. The third-order valence-electron chi connectivity index (χ3n) is 5.87. The van der Waals surface area contributed by atoms with E-state index in [-0.39, 0.29) is 11.8 Å². The van der Waals surface area contributed by atoms with Gasteiger partial charge in [0.2, 0.25) is 11.8 Å². The Bertz CT molecular complexity index is 885. The summed E-state index contributed by atoms with van der Waals surface area (Å²) >= 11 is 0. The van der Waals surface area contributed by atoms with Crippen LogP contribution in [-0.2, 0) is 29.1 Å². The fourth-order valence-electron chi connectivity index (χ4n) is 4.18. The molecule has 0 saturated carbocycles. The highest BCUT2D eigenvalue weighted by Crippen LogP contribution is 2.25. The summed E-state index contributed by atoms with van der Waals surface area (Å²) in [5.74, 6) is 1.01. The molecule has 3 N–H and O–H groups in total. The molecular formula is C25H33N3O3. The Morgan fingerprint density at radius 2 is 1.94 bits per heavy atom. The summed E-state index contributed by atoms with van der Waals surface area (Å²) in [6.45, 7) is 3.52. The molecule has 1 saturated heterocycles. The Balaban J connectivity index is 1.54. The monoisotopic (exact) mass is 423 g/mol. The molecule has 2 aromatic rings. The smallest absolute Gasteiger partial charge is 0.243 e. The van der Waals surface area contributed by atoms with Crippen LogP contribution in [0.4, 0.5) is 0 Å². The quantitative estimate of drug-likeness (QED) is 0.649. The molecule has 2 atom stereocenters. The zero-order valence-electron chi connectivity index (χ0n) is 18.5. The van der Waals surface area contributed by atoms with Crippen molar-refractivity contribution in [3.05, 3.63) is 65.2 Å². The van der Waals surface area contributed by atoms with E-state index in [1.807, 2.05) is 36.4 Å². The van der Waals surface area contributed by atoms with Crippen molar-refractivity contribution in [3.63, 3.8) is 0 Å². The Morgan fingerprint density at radius 1 is 1.16 bits per heavy atom. The number of carbonyl (C=O) groups is 2. The van der Waals surface area contributed by atoms with Gasteiger partial charge in [-0.1, -0.05) is 49.4 Å². The van der Waals surface area contributed by atoms with Crippen molar-refractivity contribution in [1.82, 2.24) is 10.2 Å². The predicted molar refractivity (Wildman–Crippen MR) is 121 cm³/mol. The molecule has 2 amide bonds. The third-order valence-corrected chi connectivity index (χ3v) is 5.87. The summed E-state index contributed by atoms with van der Waals surface area (Å²) in [5.41, 5.74) is 8.81. The van der Waals surface area contributed by atoms with E-state index in [0.29, 0.717) is 38.4 Å². The maximum atomic E-state index is 12.9. The maximum absolute atomic E-state index is 12.9. The summed E-state index contributed by atoms with van der Waals surface area (Å²) < 4.78 is 5.37. The van der Waals surface area contributed by atoms with E-state index in [1.165, 1.54) is 5.56 Å². The van der Waals surface area contributed by atoms with Crippen LogP contribution < -0.4 is 15.8 Å². The number of carbonyl (C=O) groups excluding carboxylic acids is 2. The molecule has 0 radical (unpaired) electrons. The number of hydrogen-bond acceptors (Lipinski definition) is 4. The molecule has 1 unspecified atom stereocenters. The average molecular weight is 424 g/mol. The predicted octanol–water partition coefficient (Wildman–Crippen LogP) is 3.03. The van der Waals surface area contributed by atoms with Crippen molar-refractivity contribution in [2.45, 2.75) is 51.7 Å². The number of nitrogens with zero attached hydrogens (tertiary/aromatic N) is 1. The van der Waals surface area contributed by atoms with Gasteiger partial charge in [-0.25, -0.2) is 0 Å². The molecule has 3 rings (SSSR count). The highest BCUT2D eigenvalue weighted by Gasteiger charge is 2.37. The fourth-order valence-corrected chi connectivity index (χ4v) is 4.18. The Morgan fingerprint density at radius 3 is 2.65 bits per heavy atom. The molecule has 0 aromatic heterocycles. The molecule has 0 bridgehead atoms. The Kier molecular flexibility index (Phi) is 8.06. The molecule has 0 aliphatic carbocycles. The number of ether oxygens (including phenoxy) is 1. The van der Waals surface area contributed by atoms with Crippen molar-refractivity contribution in [3.8, 4) is 5.75 Å². The number of amides is 2. The molecule has 6 heteroatoms. The SMILES string of the molecule is COc1cc(CNC(=O)C2C[C@@H](C)CN2C(=O)CCCc2ccccc2)ccc1CN. The van der Waals surface area contributed by atoms with Crippen molar-refractivity contribution in [2.75, 3.05) is 13.7 Å². The fraction of sp³-hybridized carbons (Fsp3) is 0.440. The van der Waals surface area contributed by atoms with E-state index in [4.69, 9.17) is 10.5 Å². The van der Waals surface area contributed by atoms with E-state index in [1.54, 1.807) is 12.0 Å². The van der Waals surface area contributed by atoms with Gasteiger partial charge >= 0.3 is 0 Å². The molecule has 6 nitrogen and oxygen atoms in total. The van der Waals surface area contributed by atoms with E-state index < -0.39 is 6.04 Å². The van der Waals surface area contributed by atoms with Crippen LogP contribution in [0.2, 0.25) is 0 Å². The van der Waals surface area contributed by atoms with E-state index in [0.717, 1.165) is 29.7 Å². The van der Waals surface area contributed by atoms with Crippen molar-refractivity contribution < 1.29 is 14.3 Å². The number of nitrogens with one attached hydrogen (secondary N) is 1. The average Bonchev–Trinajstić information content (AvgIpc) is 3.19. The zero-order valence-corrected chi connectivity index (χ0v) is 18.5. The van der Waals surface area contributed by atoms with Crippen LogP contribution in [-0.4, -0.2) is 36.4 Å². The molecule has 166 valence electrons. The first-order valence-electron chi connectivity index (χ1n) is 11.0. The second kappa shape index (κ2) is 11.0. The van der Waals surface area contributed by atoms with Crippen LogP contribution in [0.5, 0.6) is 5.75 Å². The molecule has 1 aliphatic heterocycles. The van der Waals surface area contributed by atoms with Gasteiger partial charge in [-0.3, -0.25) is 9.59 Å². The Labute approximate surface area is 184 Å². The van der Waals surface area contributed by atoms with Gasteiger partial charge in [0.15, 0.2) is 0 Å². The van der Waals surface area contributed by atoms with E-state index in [9.17, 15) is 9.59 Å². The lowest BCUT2D eigenvalue weighted by Crippen LogP contribution is -2.45. The van der Waals surface area contributed by atoms with Crippen LogP contribution in [0.15, 0.2) is 48.5 Å². The van der Waals surface area contributed by atoms with Crippen LogP contribution in [0.1, 0.15) is 42.9 Å². The number of aryl methyl sites for hydroxylation is 1. The lowest BCUT2D eigenvalue weighted by molar-refractivity contribution is -0.138. The number of rotatable bonds is 9. The van der Waals surface area contributed by atoms with Gasteiger partial charge in [-0.05, 0) is 42.4 Å². The minimum absolute atomic E-state index is 0.0643. The van der Waals surface area contributed by atoms with Crippen LogP contribution in [0.3, 0.4) is 0 Å². The minimum Gasteiger partial charge on any atom is -0.496 e. The number of benzene rings is 2. The second-order valence-corrected chi connectivity index (χ2v) is 8.31. The van der Waals surface area contributed by atoms with Gasteiger partial charge in [0.25, 0.3) is 0 Å². The maximum Gasteiger partial charge on any atom is 0.243 e. The van der Waals surface area contributed by atoms with E-state index >= 15 is 0 Å². The van der Waals surface area contributed by atoms with Crippen molar-refractivity contribution in [1.29, 1.82) is 0 Å². The first kappa shape index (κ1) is 22.8. The molecule has 1 fully saturated rings. The van der Waals surface area contributed by atoms with Gasteiger partial charge in [0.05, 0.1) is 7.11 Å². The van der Waals surface area contributed by atoms with Gasteiger partial charge < -0.3 is 20.7 Å². The zero-order chi connectivity index (χ0) is 22.2. The van der Waals surface area contributed by atoms with Crippen molar-refractivity contribution >= 4 is 11.8 Å². The summed E-state index contributed by atoms with van der Waals surface area (Å²) in [4.78, 5) is 27.5. The molecular weight excluding hydrogens is 390 g/mol. The first-order chi connectivity index (χ1) is 15.0. The molecule has 1 heterocycles. The molecule has 31 heavy (non-hydrogen) atoms. The lowest BCUT2D eigenvalue weighted by atomic mass is 10.1. The van der Waals surface area contributed by atoms with Crippen LogP contribution >= 0.6 is 0 Å². The normalized spacial score (nSPS) is 18.1. The summed E-state index contributed by atoms with van der Waals surface area (Å²) in [5, 5.41) is 3.00. The number of hydrogen-bond donors (Lipinski definition) is 2. The summed E-state index contributed by atoms with van der Waals surface area (Å²) in [6.07, 6.45) is 2.82. The van der Waals surface area contributed by atoms with Gasteiger partial charge in [0.1, 0.15) is 11.8 Å². The topological polar surface area (TPSA) is 84.7 Å². The molecule has 2 aromatic carbocycles. The van der Waals surface area contributed by atoms with Crippen LogP contribution in [0, 0.1) is 5.92 Å².